The highest BCUT2D eigenvalue weighted by Crippen LogP contribution is 2.18. The van der Waals surface area contributed by atoms with Crippen molar-refractivity contribution >= 4 is 33.8 Å². The minimum atomic E-state index is -2.27. The Labute approximate surface area is 190 Å². The molecule has 1 aliphatic rings. The standard InChI is InChI=1S/C17H25BrN2O.C4H6O6/c1-13(2)16(12-20-10-4-5-11-20)19(3)17(21)14-6-8-15(18)9-7-14;5-1(3(7)8)2(6)4(9)10/h6-9,13,16H,4-5,10-12H2,1-3H3;1-2,5-6H,(H,7,8)(H,9,10). The van der Waals surface area contributed by atoms with Gasteiger partial charge in [0.15, 0.2) is 12.2 Å². The second-order valence-electron chi connectivity index (χ2n) is 7.81. The van der Waals surface area contributed by atoms with E-state index >= 15 is 0 Å². The molecule has 0 radical (unpaired) electrons. The highest BCUT2D eigenvalue weighted by Gasteiger charge is 2.29. The van der Waals surface area contributed by atoms with E-state index in [9.17, 15) is 14.4 Å². The fourth-order valence-electron chi connectivity index (χ4n) is 3.23. The number of hydrogen-bond acceptors (Lipinski definition) is 6. The van der Waals surface area contributed by atoms with Gasteiger partial charge in [0.1, 0.15) is 0 Å². The van der Waals surface area contributed by atoms with Gasteiger partial charge in [0, 0.05) is 29.7 Å². The Balaban J connectivity index is 0.000000407. The second-order valence-corrected chi connectivity index (χ2v) is 8.72. The zero-order chi connectivity index (χ0) is 23.7. The van der Waals surface area contributed by atoms with Gasteiger partial charge < -0.3 is 30.2 Å². The maximum Gasteiger partial charge on any atom is 0.335 e. The number of benzene rings is 1. The molecule has 10 heteroatoms. The number of aliphatic hydroxyl groups excluding tert-OH is 2. The molecule has 1 fully saturated rings. The predicted octanol–water partition coefficient (Wildman–Crippen LogP) is 1.52. The van der Waals surface area contributed by atoms with Gasteiger partial charge in [0.2, 0.25) is 0 Å². The Morgan fingerprint density at radius 3 is 1.84 bits per heavy atom. The molecule has 31 heavy (non-hydrogen) atoms. The van der Waals surface area contributed by atoms with Crippen LogP contribution in [0.5, 0.6) is 0 Å². The van der Waals surface area contributed by atoms with E-state index in [1.54, 1.807) is 0 Å². The molecule has 2 rings (SSSR count). The van der Waals surface area contributed by atoms with Gasteiger partial charge in [0.05, 0.1) is 0 Å². The number of halogens is 1. The average molecular weight is 503 g/mol. The Morgan fingerprint density at radius 2 is 1.45 bits per heavy atom. The van der Waals surface area contributed by atoms with E-state index in [1.807, 2.05) is 36.2 Å². The number of carbonyl (C=O) groups is 3. The van der Waals surface area contributed by atoms with Gasteiger partial charge in [-0.1, -0.05) is 29.8 Å². The first-order chi connectivity index (χ1) is 14.5. The minimum absolute atomic E-state index is 0.111. The van der Waals surface area contributed by atoms with E-state index in [-0.39, 0.29) is 11.9 Å². The van der Waals surface area contributed by atoms with Crippen molar-refractivity contribution < 1.29 is 34.8 Å². The molecule has 0 bridgehead atoms. The molecule has 3 atom stereocenters. The third kappa shape index (κ3) is 8.56. The van der Waals surface area contributed by atoms with Gasteiger partial charge in [-0.2, -0.15) is 0 Å². The van der Waals surface area contributed by atoms with Crippen molar-refractivity contribution in [1.29, 1.82) is 0 Å². The van der Waals surface area contributed by atoms with Crippen LogP contribution in [0.2, 0.25) is 0 Å². The van der Waals surface area contributed by atoms with Crippen molar-refractivity contribution in [3.8, 4) is 0 Å². The van der Waals surface area contributed by atoms with E-state index < -0.39 is 24.1 Å². The monoisotopic (exact) mass is 502 g/mol. The van der Waals surface area contributed by atoms with Crippen molar-refractivity contribution in [3.05, 3.63) is 34.3 Å². The molecular formula is C21H31BrN2O7. The summed E-state index contributed by atoms with van der Waals surface area (Å²) in [6.45, 7) is 7.72. The molecule has 1 aromatic rings. The zero-order valence-electron chi connectivity index (χ0n) is 17.9. The molecule has 174 valence electrons. The summed E-state index contributed by atoms with van der Waals surface area (Å²) < 4.78 is 0.999. The predicted molar refractivity (Wildman–Crippen MR) is 118 cm³/mol. The largest absolute Gasteiger partial charge is 0.479 e. The number of nitrogens with zero attached hydrogens (tertiary/aromatic N) is 2. The van der Waals surface area contributed by atoms with E-state index in [0.717, 1.165) is 16.6 Å². The van der Waals surface area contributed by atoms with Crippen molar-refractivity contribution in [3.63, 3.8) is 0 Å². The molecule has 9 nitrogen and oxygen atoms in total. The molecule has 0 saturated carbocycles. The summed E-state index contributed by atoms with van der Waals surface area (Å²) in [4.78, 5) is 36.6. The fourth-order valence-corrected chi connectivity index (χ4v) is 3.49. The van der Waals surface area contributed by atoms with Crippen LogP contribution in [0.25, 0.3) is 0 Å². The first-order valence-corrected chi connectivity index (χ1v) is 10.8. The Bertz CT molecular complexity index is 718. The lowest BCUT2D eigenvalue weighted by atomic mass is 10.0. The van der Waals surface area contributed by atoms with Crippen molar-refractivity contribution in [2.45, 2.75) is 44.9 Å². The summed E-state index contributed by atoms with van der Waals surface area (Å²) >= 11 is 3.41. The third-order valence-corrected chi connectivity index (χ3v) is 5.66. The lowest BCUT2D eigenvalue weighted by molar-refractivity contribution is -0.165. The summed E-state index contributed by atoms with van der Waals surface area (Å²) in [6, 6.07) is 7.88. The van der Waals surface area contributed by atoms with Gasteiger partial charge in [-0.3, -0.25) is 4.79 Å². The van der Waals surface area contributed by atoms with Crippen molar-refractivity contribution in [2.24, 2.45) is 5.92 Å². The lowest BCUT2D eigenvalue weighted by Crippen LogP contribution is -2.47. The number of hydrogen-bond donors (Lipinski definition) is 4. The number of carbonyl (C=O) groups excluding carboxylic acids is 1. The summed E-state index contributed by atoms with van der Waals surface area (Å²) in [6.07, 6.45) is -1.96. The molecule has 1 saturated heterocycles. The SMILES string of the molecule is CC(C)C(CN1CCCC1)N(C)C(=O)c1ccc(Br)cc1.O=C(O)C(O)C(O)C(=O)O. The summed E-state index contributed by atoms with van der Waals surface area (Å²) in [7, 11) is 1.94. The van der Waals surface area contributed by atoms with Crippen molar-refractivity contribution in [1.82, 2.24) is 9.80 Å². The van der Waals surface area contributed by atoms with Crippen LogP contribution in [0.15, 0.2) is 28.7 Å². The second kappa shape index (κ2) is 12.7. The van der Waals surface area contributed by atoms with Crippen LogP contribution < -0.4 is 0 Å². The lowest BCUT2D eigenvalue weighted by Gasteiger charge is -2.34. The van der Waals surface area contributed by atoms with Crippen LogP contribution in [0.4, 0.5) is 0 Å². The number of amides is 1. The fraction of sp³-hybridized carbons (Fsp3) is 0.571. The van der Waals surface area contributed by atoms with Gasteiger partial charge in [0.25, 0.3) is 5.91 Å². The number of aliphatic hydroxyl groups is 2. The molecule has 1 aromatic carbocycles. The number of carboxylic acid groups (broad SMARTS) is 2. The van der Waals surface area contributed by atoms with E-state index in [1.165, 1.54) is 25.9 Å². The van der Waals surface area contributed by atoms with Gasteiger partial charge in [-0.05, 0) is 56.1 Å². The molecule has 0 spiro atoms. The first kappa shape index (κ1) is 27.0. The first-order valence-electron chi connectivity index (χ1n) is 10.0. The smallest absolute Gasteiger partial charge is 0.335 e. The molecular weight excluding hydrogens is 472 g/mol. The summed E-state index contributed by atoms with van der Waals surface area (Å²) in [5.74, 6) is -2.97. The molecule has 3 unspecified atom stereocenters. The minimum Gasteiger partial charge on any atom is -0.479 e. The molecule has 4 N–H and O–H groups in total. The normalized spacial score (nSPS) is 16.7. The number of likely N-dealkylation sites (N-methyl/N-ethyl adjacent to an activating group) is 1. The Hall–Kier alpha value is -2.01. The number of aliphatic carboxylic acids is 2. The van der Waals surface area contributed by atoms with Crippen LogP contribution in [0.3, 0.4) is 0 Å². The van der Waals surface area contributed by atoms with Crippen LogP contribution in [-0.2, 0) is 9.59 Å². The summed E-state index contributed by atoms with van der Waals surface area (Å²) in [5.41, 5.74) is 0.757. The third-order valence-electron chi connectivity index (χ3n) is 5.13. The highest BCUT2D eigenvalue weighted by atomic mass is 79.9. The van der Waals surface area contributed by atoms with Crippen molar-refractivity contribution in [2.75, 3.05) is 26.7 Å². The van der Waals surface area contributed by atoms with Gasteiger partial charge in [-0.15, -0.1) is 0 Å². The summed E-state index contributed by atoms with van der Waals surface area (Å²) in [5, 5.41) is 32.5. The van der Waals surface area contributed by atoms with Crippen LogP contribution in [0.1, 0.15) is 37.0 Å². The quantitative estimate of drug-likeness (QED) is 0.419. The highest BCUT2D eigenvalue weighted by molar-refractivity contribution is 9.10. The van der Waals surface area contributed by atoms with Crippen LogP contribution >= 0.6 is 15.9 Å². The molecule has 1 amide bonds. The van der Waals surface area contributed by atoms with Gasteiger partial charge >= 0.3 is 11.9 Å². The van der Waals surface area contributed by atoms with E-state index in [2.05, 4.69) is 34.7 Å². The van der Waals surface area contributed by atoms with E-state index in [0.29, 0.717) is 5.92 Å². The van der Waals surface area contributed by atoms with Crippen LogP contribution in [0, 0.1) is 5.92 Å². The number of rotatable bonds is 8. The topological polar surface area (TPSA) is 139 Å². The van der Waals surface area contributed by atoms with Crippen LogP contribution in [-0.4, -0.2) is 93.0 Å². The number of carboxylic acids is 2. The van der Waals surface area contributed by atoms with Gasteiger partial charge in [-0.25, -0.2) is 9.59 Å². The molecule has 0 aliphatic carbocycles. The molecule has 1 heterocycles. The Morgan fingerprint density at radius 1 is 1.00 bits per heavy atom. The van der Waals surface area contributed by atoms with E-state index in [4.69, 9.17) is 20.4 Å². The molecule has 1 aliphatic heterocycles. The zero-order valence-corrected chi connectivity index (χ0v) is 19.5. The maximum atomic E-state index is 12.7. The average Bonchev–Trinajstić information content (AvgIpc) is 3.23. The number of likely N-dealkylation sites (tertiary alicyclic amines) is 1. The Kier molecular flexibility index (Phi) is 11.1. The maximum absolute atomic E-state index is 12.7. The molecule has 0 aromatic heterocycles.